The van der Waals surface area contributed by atoms with E-state index in [-0.39, 0.29) is 5.91 Å². The lowest BCUT2D eigenvalue weighted by atomic mass is 10.1. The van der Waals surface area contributed by atoms with Crippen molar-refractivity contribution in [2.45, 2.75) is 26.2 Å². The number of sulfonamides is 1. The normalized spacial score (nSPS) is 13.3. The van der Waals surface area contributed by atoms with Crippen LogP contribution in [0.5, 0.6) is 0 Å². The van der Waals surface area contributed by atoms with Gasteiger partial charge in [0.15, 0.2) is 0 Å². The van der Waals surface area contributed by atoms with Gasteiger partial charge in [-0.2, -0.15) is 0 Å². The van der Waals surface area contributed by atoms with Crippen LogP contribution in [-0.4, -0.2) is 27.1 Å². The highest BCUT2D eigenvalue weighted by molar-refractivity contribution is 7.92. The minimum Gasteiger partial charge on any atom is -0.467 e. The van der Waals surface area contributed by atoms with Gasteiger partial charge in [0.05, 0.1) is 24.8 Å². The van der Waals surface area contributed by atoms with E-state index in [0.29, 0.717) is 44.0 Å². The zero-order chi connectivity index (χ0) is 21.8. The van der Waals surface area contributed by atoms with Crippen molar-refractivity contribution in [2.24, 2.45) is 0 Å². The molecule has 0 saturated carbocycles. The highest BCUT2D eigenvalue weighted by atomic mass is 32.2. The first-order chi connectivity index (χ1) is 14.9. The molecule has 2 aromatic carbocycles. The van der Waals surface area contributed by atoms with Gasteiger partial charge < -0.3 is 14.5 Å². The molecule has 1 aliphatic rings. The number of nitrogens with zero attached hydrogens (tertiary/aromatic N) is 1. The molecule has 3 aromatic rings. The molecule has 0 unspecified atom stereocenters. The van der Waals surface area contributed by atoms with E-state index in [2.05, 4.69) is 5.32 Å². The summed E-state index contributed by atoms with van der Waals surface area (Å²) >= 11 is 0. The smallest absolute Gasteiger partial charge is 0.251 e. The number of anilines is 1. The molecule has 0 radical (unpaired) electrons. The van der Waals surface area contributed by atoms with Gasteiger partial charge in [0.25, 0.3) is 5.91 Å². The van der Waals surface area contributed by atoms with Crippen molar-refractivity contribution in [3.8, 4) is 0 Å². The van der Waals surface area contributed by atoms with Crippen molar-refractivity contribution in [1.29, 1.82) is 0 Å². The summed E-state index contributed by atoms with van der Waals surface area (Å²) in [4.78, 5) is 12.6. The molecule has 162 valence electrons. The Morgan fingerprint density at radius 1 is 1.10 bits per heavy atom. The quantitative estimate of drug-likeness (QED) is 0.581. The molecule has 2 heterocycles. The van der Waals surface area contributed by atoms with Crippen LogP contribution in [0.4, 0.5) is 5.69 Å². The standard InChI is InChI=1S/C23H24N2O5S/c1-31(27,28)25-10-9-19-13-20(7-8-22(19)25)23(26)24-14-17-4-2-5-18(12-17)15-29-16-21-6-3-11-30-21/h2-8,11-13H,9-10,14-16H2,1H3,(H,24,26). The Morgan fingerprint density at radius 2 is 1.94 bits per heavy atom. The van der Waals surface area contributed by atoms with E-state index in [0.717, 1.165) is 22.5 Å². The third-order valence-electron chi connectivity index (χ3n) is 5.13. The Balaban J connectivity index is 1.34. The van der Waals surface area contributed by atoms with Crippen molar-refractivity contribution in [2.75, 3.05) is 17.1 Å². The maximum Gasteiger partial charge on any atom is 0.251 e. The van der Waals surface area contributed by atoms with Gasteiger partial charge in [-0.1, -0.05) is 24.3 Å². The zero-order valence-electron chi connectivity index (χ0n) is 17.2. The number of nitrogens with one attached hydrogen (secondary N) is 1. The fraction of sp³-hybridized carbons (Fsp3) is 0.261. The van der Waals surface area contributed by atoms with E-state index >= 15 is 0 Å². The van der Waals surface area contributed by atoms with Crippen LogP contribution in [0.15, 0.2) is 65.3 Å². The van der Waals surface area contributed by atoms with E-state index in [1.807, 2.05) is 36.4 Å². The Hall–Kier alpha value is -3.10. The van der Waals surface area contributed by atoms with Crippen molar-refractivity contribution >= 4 is 21.6 Å². The van der Waals surface area contributed by atoms with Crippen LogP contribution in [0.1, 0.15) is 32.8 Å². The number of hydrogen-bond acceptors (Lipinski definition) is 5. The van der Waals surface area contributed by atoms with Crippen molar-refractivity contribution in [1.82, 2.24) is 5.32 Å². The van der Waals surface area contributed by atoms with Gasteiger partial charge in [-0.25, -0.2) is 8.42 Å². The van der Waals surface area contributed by atoms with Crippen LogP contribution in [0.25, 0.3) is 0 Å². The molecule has 0 atom stereocenters. The van der Waals surface area contributed by atoms with Crippen LogP contribution >= 0.6 is 0 Å². The number of fused-ring (bicyclic) bond motifs is 1. The lowest BCUT2D eigenvalue weighted by Gasteiger charge is -2.16. The number of rotatable bonds is 8. The lowest BCUT2D eigenvalue weighted by Crippen LogP contribution is -2.27. The van der Waals surface area contributed by atoms with Crippen molar-refractivity contribution < 1.29 is 22.4 Å². The fourth-order valence-electron chi connectivity index (χ4n) is 3.64. The molecule has 0 bridgehead atoms. The highest BCUT2D eigenvalue weighted by Crippen LogP contribution is 2.30. The average molecular weight is 441 g/mol. The summed E-state index contributed by atoms with van der Waals surface area (Å²) < 4.78 is 36.0. The van der Waals surface area contributed by atoms with Crippen LogP contribution in [-0.2, 0) is 40.9 Å². The van der Waals surface area contributed by atoms with E-state index < -0.39 is 10.0 Å². The summed E-state index contributed by atoms with van der Waals surface area (Å²) in [6.45, 7) is 1.65. The minimum absolute atomic E-state index is 0.194. The molecular weight excluding hydrogens is 416 g/mol. The van der Waals surface area contributed by atoms with Crippen molar-refractivity contribution in [3.63, 3.8) is 0 Å². The Morgan fingerprint density at radius 3 is 2.71 bits per heavy atom. The van der Waals surface area contributed by atoms with Crippen LogP contribution < -0.4 is 9.62 Å². The first kappa shape index (κ1) is 21.1. The Kier molecular flexibility index (Phi) is 6.11. The summed E-state index contributed by atoms with van der Waals surface area (Å²) in [7, 11) is -3.30. The molecule has 1 amide bonds. The third kappa shape index (κ3) is 5.15. The predicted octanol–water partition coefficient (Wildman–Crippen LogP) is 3.25. The van der Waals surface area contributed by atoms with Gasteiger partial charge in [0.1, 0.15) is 12.4 Å². The number of carbonyl (C=O) groups is 1. The molecular formula is C23H24N2O5S. The predicted molar refractivity (Wildman–Crippen MR) is 117 cm³/mol. The summed E-state index contributed by atoms with van der Waals surface area (Å²) in [6, 6.07) is 16.7. The SMILES string of the molecule is CS(=O)(=O)N1CCc2cc(C(=O)NCc3cccc(COCc4ccco4)c3)ccc21. The summed E-state index contributed by atoms with van der Waals surface area (Å²) in [5, 5.41) is 2.93. The number of benzene rings is 2. The monoisotopic (exact) mass is 440 g/mol. The van der Waals surface area contributed by atoms with E-state index in [9.17, 15) is 13.2 Å². The molecule has 8 heteroatoms. The maximum absolute atomic E-state index is 12.6. The van der Waals surface area contributed by atoms with Gasteiger partial charge >= 0.3 is 0 Å². The molecule has 4 rings (SSSR count). The van der Waals surface area contributed by atoms with E-state index in [1.54, 1.807) is 24.5 Å². The maximum atomic E-state index is 12.6. The molecule has 31 heavy (non-hydrogen) atoms. The molecule has 0 fully saturated rings. The first-order valence-electron chi connectivity index (χ1n) is 9.97. The second-order valence-corrected chi connectivity index (χ2v) is 9.41. The molecule has 0 saturated heterocycles. The number of furan rings is 1. The largest absolute Gasteiger partial charge is 0.467 e. The molecule has 7 nitrogen and oxygen atoms in total. The van der Waals surface area contributed by atoms with Gasteiger partial charge in [0, 0.05) is 18.7 Å². The van der Waals surface area contributed by atoms with Crippen LogP contribution in [0, 0.1) is 0 Å². The lowest BCUT2D eigenvalue weighted by molar-refractivity contribution is 0.0928. The molecule has 0 aliphatic carbocycles. The topological polar surface area (TPSA) is 88.9 Å². The van der Waals surface area contributed by atoms with Gasteiger partial charge in [-0.05, 0) is 53.4 Å². The second-order valence-electron chi connectivity index (χ2n) is 7.50. The number of carbonyl (C=O) groups excluding carboxylic acids is 1. The van der Waals surface area contributed by atoms with Crippen LogP contribution in [0.3, 0.4) is 0 Å². The van der Waals surface area contributed by atoms with Gasteiger partial charge in [-0.15, -0.1) is 0 Å². The summed E-state index contributed by atoms with van der Waals surface area (Å²) in [5.74, 6) is 0.581. The molecule has 0 spiro atoms. The number of ether oxygens (including phenoxy) is 1. The minimum atomic E-state index is -3.30. The Bertz CT molecular complexity index is 1170. The molecule has 1 aromatic heterocycles. The zero-order valence-corrected chi connectivity index (χ0v) is 18.0. The number of hydrogen-bond donors (Lipinski definition) is 1. The summed E-state index contributed by atoms with van der Waals surface area (Å²) in [6.07, 6.45) is 3.41. The van der Waals surface area contributed by atoms with E-state index in [4.69, 9.17) is 9.15 Å². The van der Waals surface area contributed by atoms with E-state index in [1.165, 1.54) is 10.6 Å². The van der Waals surface area contributed by atoms with Gasteiger partial charge in [-0.3, -0.25) is 9.10 Å². The molecule has 1 aliphatic heterocycles. The highest BCUT2D eigenvalue weighted by Gasteiger charge is 2.26. The first-order valence-corrected chi connectivity index (χ1v) is 11.8. The fourth-order valence-corrected chi connectivity index (χ4v) is 4.59. The third-order valence-corrected chi connectivity index (χ3v) is 6.31. The Labute approximate surface area is 181 Å². The average Bonchev–Trinajstić information content (AvgIpc) is 3.41. The summed E-state index contributed by atoms with van der Waals surface area (Å²) in [5.41, 5.74) is 4.02. The second kappa shape index (κ2) is 8.95. The molecule has 1 N–H and O–H groups in total. The van der Waals surface area contributed by atoms with Gasteiger partial charge in [0.2, 0.25) is 10.0 Å². The van der Waals surface area contributed by atoms with Crippen molar-refractivity contribution in [3.05, 3.63) is 88.9 Å². The van der Waals surface area contributed by atoms with Crippen LogP contribution in [0.2, 0.25) is 0 Å². The number of amides is 1.